The summed E-state index contributed by atoms with van der Waals surface area (Å²) < 4.78 is 38.6. The fourth-order valence-electron chi connectivity index (χ4n) is 4.26. The van der Waals surface area contributed by atoms with Gasteiger partial charge in [-0.2, -0.15) is 13.2 Å². The highest BCUT2D eigenvalue weighted by Gasteiger charge is 2.47. The van der Waals surface area contributed by atoms with Gasteiger partial charge >= 0.3 is 6.18 Å². The molecule has 0 aliphatic heterocycles. The second kappa shape index (κ2) is 4.73. The van der Waals surface area contributed by atoms with Crippen molar-refractivity contribution in [2.24, 2.45) is 10.8 Å². The summed E-state index contributed by atoms with van der Waals surface area (Å²) >= 11 is 0. The van der Waals surface area contributed by atoms with Crippen LogP contribution in [0.2, 0.25) is 0 Å². The zero-order valence-electron chi connectivity index (χ0n) is 13.0. The van der Waals surface area contributed by atoms with E-state index in [1.807, 2.05) is 0 Å². The average Bonchev–Trinajstić information content (AvgIpc) is 2.23. The molecule has 0 amide bonds. The Morgan fingerprint density at radius 2 is 1.48 bits per heavy atom. The van der Waals surface area contributed by atoms with E-state index in [2.05, 4.69) is 27.7 Å². The molecule has 0 saturated heterocycles. The van der Waals surface area contributed by atoms with Crippen LogP contribution in [0.25, 0.3) is 0 Å². The van der Waals surface area contributed by atoms with Gasteiger partial charge in [-0.1, -0.05) is 39.8 Å². The molecule has 1 aliphatic carbocycles. The minimum atomic E-state index is -4.38. The van der Waals surface area contributed by atoms with E-state index in [4.69, 9.17) is 0 Å². The highest BCUT2D eigenvalue weighted by atomic mass is 19.4. The fourth-order valence-corrected chi connectivity index (χ4v) is 4.26. The van der Waals surface area contributed by atoms with Crippen LogP contribution in [-0.2, 0) is 11.8 Å². The number of benzene rings is 1. The molecule has 118 valence electrons. The van der Waals surface area contributed by atoms with Crippen molar-refractivity contribution < 1.29 is 18.3 Å². The monoisotopic (exact) mass is 300 g/mol. The predicted molar refractivity (Wildman–Crippen MR) is 76.8 cm³/mol. The van der Waals surface area contributed by atoms with Crippen LogP contribution in [0.1, 0.15) is 58.1 Å². The molecule has 0 bridgehead atoms. The van der Waals surface area contributed by atoms with Gasteiger partial charge in [0.1, 0.15) is 0 Å². The highest BCUT2D eigenvalue weighted by Crippen LogP contribution is 2.54. The van der Waals surface area contributed by atoms with E-state index in [9.17, 15) is 18.3 Å². The molecule has 2 rings (SSSR count). The molecule has 4 heteroatoms. The number of hydrogen-bond acceptors (Lipinski definition) is 1. The van der Waals surface area contributed by atoms with Gasteiger partial charge in [0.15, 0.2) is 0 Å². The summed E-state index contributed by atoms with van der Waals surface area (Å²) in [6, 6.07) is 5.13. The molecule has 1 aromatic rings. The zero-order valence-corrected chi connectivity index (χ0v) is 13.0. The van der Waals surface area contributed by atoms with Gasteiger partial charge in [-0.25, -0.2) is 0 Å². The lowest BCUT2D eigenvalue weighted by Gasteiger charge is -2.49. The molecular weight excluding hydrogens is 277 g/mol. The molecule has 1 fully saturated rings. The quantitative estimate of drug-likeness (QED) is 0.762. The Kier molecular flexibility index (Phi) is 3.68. The minimum Gasteiger partial charge on any atom is -0.385 e. The Labute approximate surface area is 124 Å². The molecule has 0 atom stereocenters. The SMILES string of the molecule is CC1(C)CC(C)(C)CC(O)(c2cccc(C(F)(F)F)c2)C1. The van der Waals surface area contributed by atoms with E-state index in [0.29, 0.717) is 18.4 Å². The van der Waals surface area contributed by atoms with E-state index < -0.39 is 17.3 Å². The van der Waals surface area contributed by atoms with Crippen LogP contribution in [0.4, 0.5) is 13.2 Å². The van der Waals surface area contributed by atoms with Crippen LogP contribution < -0.4 is 0 Å². The Balaban J connectivity index is 2.44. The van der Waals surface area contributed by atoms with Crippen molar-refractivity contribution >= 4 is 0 Å². The Morgan fingerprint density at radius 3 is 1.95 bits per heavy atom. The molecular formula is C17H23F3O. The van der Waals surface area contributed by atoms with E-state index in [1.54, 1.807) is 6.07 Å². The van der Waals surface area contributed by atoms with Crippen molar-refractivity contribution in [2.45, 2.75) is 58.7 Å². The number of rotatable bonds is 1. The summed E-state index contributed by atoms with van der Waals surface area (Å²) in [5, 5.41) is 11.0. The number of hydrogen-bond donors (Lipinski definition) is 1. The van der Waals surface area contributed by atoms with Gasteiger partial charge in [-0.05, 0) is 47.8 Å². The molecule has 0 unspecified atom stereocenters. The first-order valence-corrected chi connectivity index (χ1v) is 7.23. The predicted octanol–water partition coefficient (Wildman–Crippen LogP) is 5.13. The van der Waals surface area contributed by atoms with Gasteiger partial charge in [-0.3, -0.25) is 0 Å². The third-order valence-electron chi connectivity index (χ3n) is 4.23. The van der Waals surface area contributed by atoms with Crippen molar-refractivity contribution in [3.8, 4) is 0 Å². The Bertz CT molecular complexity index is 513. The fraction of sp³-hybridized carbons (Fsp3) is 0.647. The summed E-state index contributed by atoms with van der Waals surface area (Å²) in [4.78, 5) is 0. The smallest absolute Gasteiger partial charge is 0.385 e. The molecule has 0 heterocycles. The van der Waals surface area contributed by atoms with Crippen molar-refractivity contribution in [3.63, 3.8) is 0 Å². The summed E-state index contributed by atoms with van der Waals surface area (Å²) in [5.74, 6) is 0. The van der Waals surface area contributed by atoms with E-state index in [1.165, 1.54) is 6.07 Å². The van der Waals surface area contributed by atoms with Crippen molar-refractivity contribution in [3.05, 3.63) is 35.4 Å². The Hall–Kier alpha value is -1.03. The maximum atomic E-state index is 12.9. The normalized spacial score (nSPS) is 23.8. The number of alkyl halides is 3. The maximum Gasteiger partial charge on any atom is 0.416 e. The van der Waals surface area contributed by atoms with Gasteiger partial charge in [0.05, 0.1) is 11.2 Å². The van der Waals surface area contributed by atoms with Gasteiger partial charge < -0.3 is 5.11 Å². The van der Waals surface area contributed by atoms with E-state index in [0.717, 1.165) is 18.6 Å². The van der Waals surface area contributed by atoms with Crippen LogP contribution in [0.3, 0.4) is 0 Å². The second-order valence-corrected chi connectivity index (χ2v) is 7.97. The zero-order chi connectivity index (χ0) is 16.1. The van der Waals surface area contributed by atoms with Gasteiger partial charge in [0, 0.05) is 0 Å². The van der Waals surface area contributed by atoms with Gasteiger partial charge in [0.2, 0.25) is 0 Å². The third-order valence-corrected chi connectivity index (χ3v) is 4.23. The molecule has 21 heavy (non-hydrogen) atoms. The van der Waals surface area contributed by atoms with Gasteiger partial charge in [0.25, 0.3) is 0 Å². The summed E-state index contributed by atoms with van der Waals surface area (Å²) in [7, 11) is 0. The molecule has 1 N–H and O–H groups in total. The Morgan fingerprint density at radius 1 is 0.952 bits per heavy atom. The summed E-state index contributed by atoms with van der Waals surface area (Å²) in [5.41, 5.74) is -1.74. The average molecular weight is 300 g/mol. The molecule has 0 radical (unpaired) electrons. The van der Waals surface area contributed by atoms with Crippen LogP contribution in [-0.4, -0.2) is 5.11 Å². The first kappa shape index (κ1) is 16.3. The van der Waals surface area contributed by atoms with Crippen molar-refractivity contribution in [2.75, 3.05) is 0 Å². The molecule has 1 aliphatic rings. The van der Waals surface area contributed by atoms with Crippen LogP contribution in [0, 0.1) is 10.8 Å². The number of halogens is 3. The highest BCUT2D eigenvalue weighted by molar-refractivity contribution is 5.31. The van der Waals surface area contributed by atoms with Crippen LogP contribution in [0.15, 0.2) is 24.3 Å². The molecule has 1 nitrogen and oxygen atoms in total. The van der Waals surface area contributed by atoms with E-state index in [-0.39, 0.29) is 10.8 Å². The minimum absolute atomic E-state index is 0.106. The number of aliphatic hydroxyl groups is 1. The van der Waals surface area contributed by atoms with Gasteiger partial charge in [-0.15, -0.1) is 0 Å². The topological polar surface area (TPSA) is 20.2 Å². The maximum absolute atomic E-state index is 12.9. The lowest BCUT2D eigenvalue weighted by atomic mass is 9.58. The standard InChI is InChI=1S/C17H23F3O/c1-14(2)9-15(3,4)11-16(21,10-14)12-6-5-7-13(8-12)17(18,19)20/h5-8,21H,9-11H2,1-4H3. The largest absolute Gasteiger partial charge is 0.416 e. The second-order valence-electron chi connectivity index (χ2n) is 7.97. The van der Waals surface area contributed by atoms with Crippen molar-refractivity contribution in [1.82, 2.24) is 0 Å². The first-order valence-electron chi connectivity index (χ1n) is 7.23. The lowest BCUT2D eigenvalue weighted by molar-refractivity contribution is -0.138. The molecule has 0 aromatic heterocycles. The summed E-state index contributed by atoms with van der Waals surface area (Å²) in [6.07, 6.45) is -2.48. The van der Waals surface area contributed by atoms with E-state index >= 15 is 0 Å². The van der Waals surface area contributed by atoms with Crippen LogP contribution >= 0.6 is 0 Å². The molecule has 1 aromatic carbocycles. The first-order chi connectivity index (χ1) is 9.33. The molecule has 1 saturated carbocycles. The third kappa shape index (κ3) is 3.60. The summed E-state index contributed by atoms with van der Waals surface area (Å²) in [6.45, 7) is 8.25. The van der Waals surface area contributed by atoms with Crippen molar-refractivity contribution in [1.29, 1.82) is 0 Å². The molecule has 0 spiro atoms. The lowest BCUT2D eigenvalue weighted by Crippen LogP contribution is -2.44. The van der Waals surface area contributed by atoms with Crippen LogP contribution in [0.5, 0.6) is 0 Å².